The van der Waals surface area contributed by atoms with Crippen LogP contribution in [0.25, 0.3) is 11.4 Å². The van der Waals surface area contributed by atoms with Gasteiger partial charge in [0.1, 0.15) is 23.3 Å². The number of hydrogen-bond acceptors (Lipinski definition) is 6. The van der Waals surface area contributed by atoms with Gasteiger partial charge in [0.25, 0.3) is 5.91 Å². The number of rotatable bonds is 6. The molecule has 0 aliphatic carbocycles. The first-order valence-corrected chi connectivity index (χ1v) is 8.92. The van der Waals surface area contributed by atoms with Crippen molar-refractivity contribution < 1.29 is 13.9 Å². The normalized spacial score (nSPS) is 13.8. The number of hydrogen-bond donors (Lipinski definition) is 0. The van der Waals surface area contributed by atoms with Crippen LogP contribution in [0.2, 0.25) is 0 Å². The van der Waals surface area contributed by atoms with E-state index in [-0.39, 0.29) is 5.91 Å². The smallest absolute Gasteiger partial charge is 0.274 e. The van der Waals surface area contributed by atoms with Crippen LogP contribution in [0.15, 0.2) is 29.3 Å². The molecule has 0 saturated carbocycles. The summed E-state index contributed by atoms with van der Waals surface area (Å²) in [7, 11) is 3.50. The second-order valence-corrected chi connectivity index (χ2v) is 6.57. The van der Waals surface area contributed by atoms with E-state index in [0.717, 1.165) is 36.3 Å². The van der Waals surface area contributed by atoms with E-state index in [1.54, 1.807) is 37.4 Å². The quantitative estimate of drug-likeness (QED) is 0.611. The van der Waals surface area contributed by atoms with Gasteiger partial charge in [-0.25, -0.2) is 4.98 Å². The molecule has 9 nitrogen and oxygen atoms in total. The van der Waals surface area contributed by atoms with Crippen LogP contribution in [0.5, 0.6) is 0 Å². The van der Waals surface area contributed by atoms with Crippen molar-refractivity contribution in [3.63, 3.8) is 0 Å². The van der Waals surface area contributed by atoms with Crippen molar-refractivity contribution >= 4 is 5.91 Å². The number of nitrogens with zero attached hydrogens (tertiary/aromatic N) is 6. The Balaban J connectivity index is 1.63. The average molecular weight is 370 g/mol. The second kappa shape index (κ2) is 7.36. The minimum Gasteiger partial charge on any atom is -0.451 e. The fourth-order valence-electron chi connectivity index (χ4n) is 3.43. The van der Waals surface area contributed by atoms with E-state index >= 15 is 0 Å². The standard InChI is InChI=1S/C18H22N6O3/c1-22-7-4-14(20-22)18(25)23-8-5-16-13(10-23)17(15-11-27-12-19-15)21-24(16)6-3-9-26-2/h4,7,11-12H,3,5-6,8-10H2,1-2H3. The Morgan fingerprint density at radius 2 is 2.26 bits per heavy atom. The van der Waals surface area contributed by atoms with Gasteiger partial charge in [0, 0.05) is 57.7 Å². The van der Waals surface area contributed by atoms with Gasteiger partial charge >= 0.3 is 0 Å². The number of methoxy groups -OCH3 is 1. The van der Waals surface area contributed by atoms with Gasteiger partial charge in [-0.15, -0.1) is 0 Å². The van der Waals surface area contributed by atoms with Gasteiger partial charge in [-0.1, -0.05) is 0 Å². The lowest BCUT2D eigenvalue weighted by atomic mass is 10.0. The van der Waals surface area contributed by atoms with E-state index in [4.69, 9.17) is 14.3 Å². The van der Waals surface area contributed by atoms with Crippen molar-refractivity contribution in [2.45, 2.75) is 25.9 Å². The molecule has 4 heterocycles. The third-order valence-electron chi connectivity index (χ3n) is 4.75. The molecule has 27 heavy (non-hydrogen) atoms. The molecule has 4 rings (SSSR count). The SMILES string of the molecule is COCCCn1nc(-c2cocn2)c2c1CCN(C(=O)c1ccn(C)n1)C2. The van der Waals surface area contributed by atoms with E-state index in [0.29, 0.717) is 31.1 Å². The number of ether oxygens (including phenoxy) is 1. The number of carbonyl (C=O) groups excluding carboxylic acids is 1. The van der Waals surface area contributed by atoms with E-state index in [1.807, 2.05) is 9.58 Å². The number of aryl methyl sites for hydroxylation is 2. The molecule has 9 heteroatoms. The van der Waals surface area contributed by atoms with Crippen LogP contribution in [0.3, 0.4) is 0 Å². The Kier molecular flexibility index (Phi) is 4.76. The van der Waals surface area contributed by atoms with Crippen molar-refractivity contribution in [1.29, 1.82) is 0 Å². The summed E-state index contributed by atoms with van der Waals surface area (Å²) in [4.78, 5) is 18.9. The highest BCUT2D eigenvalue weighted by molar-refractivity contribution is 5.92. The lowest BCUT2D eigenvalue weighted by Gasteiger charge is -2.27. The Hall–Kier alpha value is -2.94. The zero-order valence-electron chi connectivity index (χ0n) is 15.5. The summed E-state index contributed by atoms with van der Waals surface area (Å²) < 4.78 is 13.9. The van der Waals surface area contributed by atoms with E-state index < -0.39 is 0 Å². The summed E-state index contributed by atoms with van der Waals surface area (Å²) in [6.45, 7) is 2.56. The summed E-state index contributed by atoms with van der Waals surface area (Å²) in [5.41, 5.74) is 4.08. The van der Waals surface area contributed by atoms with Gasteiger partial charge in [0.15, 0.2) is 6.39 Å². The largest absolute Gasteiger partial charge is 0.451 e. The van der Waals surface area contributed by atoms with Gasteiger partial charge in [-0.3, -0.25) is 14.2 Å². The maximum absolute atomic E-state index is 12.8. The van der Waals surface area contributed by atoms with Gasteiger partial charge in [0.2, 0.25) is 0 Å². The first kappa shape index (κ1) is 17.5. The molecule has 0 bridgehead atoms. The summed E-state index contributed by atoms with van der Waals surface area (Å²) in [6.07, 6.45) is 6.37. The maximum Gasteiger partial charge on any atom is 0.274 e. The molecular weight excluding hydrogens is 348 g/mol. The maximum atomic E-state index is 12.8. The lowest BCUT2D eigenvalue weighted by molar-refractivity contribution is 0.0726. The van der Waals surface area contributed by atoms with Gasteiger partial charge in [-0.2, -0.15) is 10.2 Å². The molecule has 0 unspecified atom stereocenters. The first-order chi connectivity index (χ1) is 13.2. The highest BCUT2D eigenvalue weighted by Gasteiger charge is 2.29. The lowest BCUT2D eigenvalue weighted by Crippen LogP contribution is -2.36. The topological polar surface area (TPSA) is 91.2 Å². The van der Waals surface area contributed by atoms with Crippen LogP contribution in [0, 0.1) is 0 Å². The van der Waals surface area contributed by atoms with Crippen molar-refractivity contribution in [3.05, 3.63) is 41.9 Å². The van der Waals surface area contributed by atoms with Crippen LogP contribution in [-0.2, 0) is 31.3 Å². The van der Waals surface area contributed by atoms with E-state index in [2.05, 4.69) is 10.1 Å². The Bertz CT molecular complexity index is 927. The highest BCUT2D eigenvalue weighted by atomic mass is 16.5. The molecule has 1 aliphatic heterocycles. The molecule has 0 N–H and O–H groups in total. The van der Waals surface area contributed by atoms with Crippen LogP contribution in [0.4, 0.5) is 0 Å². The number of aromatic nitrogens is 5. The van der Waals surface area contributed by atoms with Crippen molar-refractivity contribution in [1.82, 2.24) is 29.4 Å². The molecule has 1 aliphatic rings. The number of amides is 1. The summed E-state index contributed by atoms with van der Waals surface area (Å²) >= 11 is 0. The van der Waals surface area contributed by atoms with Crippen LogP contribution >= 0.6 is 0 Å². The Morgan fingerprint density at radius 3 is 2.96 bits per heavy atom. The summed E-state index contributed by atoms with van der Waals surface area (Å²) in [5.74, 6) is -0.0699. The molecule has 0 radical (unpaired) electrons. The van der Waals surface area contributed by atoms with E-state index in [1.165, 1.54) is 6.39 Å². The molecule has 142 valence electrons. The molecule has 3 aromatic heterocycles. The Morgan fingerprint density at radius 1 is 1.37 bits per heavy atom. The zero-order chi connectivity index (χ0) is 18.8. The first-order valence-electron chi connectivity index (χ1n) is 8.92. The molecule has 0 fully saturated rings. The average Bonchev–Trinajstić information content (AvgIpc) is 3.41. The molecule has 1 amide bonds. The monoisotopic (exact) mass is 370 g/mol. The number of carbonyl (C=O) groups is 1. The molecular formula is C18H22N6O3. The molecule has 3 aromatic rings. The molecule has 0 saturated heterocycles. The van der Waals surface area contributed by atoms with Crippen LogP contribution in [-0.4, -0.2) is 55.6 Å². The van der Waals surface area contributed by atoms with Crippen LogP contribution < -0.4 is 0 Å². The highest BCUT2D eigenvalue weighted by Crippen LogP contribution is 2.30. The third-order valence-corrected chi connectivity index (χ3v) is 4.75. The fourth-order valence-corrected chi connectivity index (χ4v) is 3.43. The summed E-state index contributed by atoms with van der Waals surface area (Å²) in [6, 6.07) is 1.74. The van der Waals surface area contributed by atoms with E-state index in [9.17, 15) is 4.79 Å². The second-order valence-electron chi connectivity index (χ2n) is 6.57. The molecule has 0 atom stereocenters. The third kappa shape index (κ3) is 3.37. The molecule has 0 aromatic carbocycles. The minimum absolute atomic E-state index is 0.0699. The number of oxazole rings is 1. The fraction of sp³-hybridized carbons (Fsp3) is 0.444. The van der Waals surface area contributed by atoms with Crippen molar-refractivity contribution in [3.8, 4) is 11.4 Å². The Labute approximate surface area is 156 Å². The van der Waals surface area contributed by atoms with Crippen molar-refractivity contribution in [2.75, 3.05) is 20.3 Å². The van der Waals surface area contributed by atoms with Gasteiger partial charge < -0.3 is 14.1 Å². The van der Waals surface area contributed by atoms with Crippen LogP contribution in [0.1, 0.15) is 28.2 Å². The molecule has 0 spiro atoms. The predicted molar refractivity (Wildman–Crippen MR) is 95.9 cm³/mol. The van der Waals surface area contributed by atoms with Gasteiger partial charge in [-0.05, 0) is 12.5 Å². The van der Waals surface area contributed by atoms with Crippen molar-refractivity contribution in [2.24, 2.45) is 7.05 Å². The number of fused-ring (bicyclic) bond motifs is 1. The van der Waals surface area contributed by atoms with Gasteiger partial charge in [0.05, 0.1) is 6.54 Å². The predicted octanol–water partition coefficient (Wildman–Crippen LogP) is 1.51. The summed E-state index contributed by atoms with van der Waals surface area (Å²) in [5, 5.41) is 8.99. The minimum atomic E-state index is -0.0699. The zero-order valence-corrected chi connectivity index (χ0v) is 15.5.